The van der Waals surface area contributed by atoms with Crippen molar-refractivity contribution in [2.45, 2.75) is 33.2 Å². The molecule has 0 aliphatic heterocycles. The minimum atomic E-state index is 0.0884. The summed E-state index contributed by atoms with van der Waals surface area (Å²) in [7, 11) is 1.87. The fraction of sp³-hybridized carbons (Fsp3) is 0.429. The zero-order valence-electron chi connectivity index (χ0n) is 11.3. The molecule has 1 unspecified atom stereocenters. The molecule has 2 rings (SSSR count). The maximum absolute atomic E-state index is 5.23. The minimum Gasteiger partial charge on any atom is -0.338 e. The second-order valence-electron chi connectivity index (χ2n) is 4.73. The van der Waals surface area contributed by atoms with E-state index in [9.17, 15) is 0 Å². The van der Waals surface area contributed by atoms with Crippen LogP contribution in [0.2, 0.25) is 0 Å². The van der Waals surface area contributed by atoms with Gasteiger partial charge in [0.2, 0.25) is 5.89 Å². The highest BCUT2D eigenvalue weighted by atomic mass is 16.5. The molecule has 96 valence electrons. The van der Waals surface area contributed by atoms with E-state index in [2.05, 4.69) is 47.5 Å². The third-order valence-corrected chi connectivity index (χ3v) is 2.93. The fourth-order valence-corrected chi connectivity index (χ4v) is 1.99. The molecule has 0 saturated carbocycles. The van der Waals surface area contributed by atoms with Gasteiger partial charge in [0.15, 0.2) is 5.82 Å². The Kier molecular flexibility index (Phi) is 3.77. The lowest BCUT2D eigenvalue weighted by Gasteiger charge is -2.02. The lowest BCUT2D eigenvalue weighted by molar-refractivity contribution is 0.344. The first-order valence-corrected chi connectivity index (χ1v) is 6.15. The monoisotopic (exact) mass is 245 g/mol. The van der Waals surface area contributed by atoms with Gasteiger partial charge in [0, 0.05) is 6.42 Å². The summed E-state index contributed by atoms with van der Waals surface area (Å²) < 4.78 is 5.23. The van der Waals surface area contributed by atoms with Gasteiger partial charge in [0.25, 0.3) is 0 Å². The molecule has 1 atom stereocenters. The highest BCUT2D eigenvalue weighted by Crippen LogP contribution is 2.14. The Morgan fingerprint density at radius 3 is 2.50 bits per heavy atom. The third kappa shape index (κ3) is 2.96. The maximum Gasteiger partial charge on any atom is 0.243 e. The summed E-state index contributed by atoms with van der Waals surface area (Å²) in [6.45, 7) is 6.19. The van der Waals surface area contributed by atoms with E-state index in [0.29, 0.717) is 12.3 Å². The molecular weight excluding hydrogens is 226 g/mol. The number of nitrogens with one attached hydrogen (secondary N) is 1. The average Bonchev–Trinajstić information content (AvgIpc) is 2.75. The molecule has 1 N–H and O–H groups in total. The van der Waals surface area contributed by atoms with Gasteiger partial charge in [-0.3, -0.25) is 0 Å². The first kappa shape index (κ1) is 12.8. The van der Waals surface area contributed by atoms with Crippen molar-refractivity contribution in [3.8, 4) is 0 Å². The molecule has 0 saturated heterocycles. The zero-order valence-corrected chi connectivity index (χ0v) is 11.3. The van der Waals surface area contributed by atoms with Crippen molar-refractivity contribution in [3.05, 3.63) is 46.6 Å². The molecule has 2 aromatic rings. The highest BCUT2D eigenvalue weighted by Gasteiger charge is 2.12. The normalized spacial score (nSPS) is 12.7. The Balaban J connectivity index is 2.16. The Hall–Kier alpha value is -1.68. The van der Waals surface area contributed by atoms with Crippen LogP contribution in [0.3, 0.4) is 0 Å². The first-order chi connectivity index (χ1) is 8.58. The molecule has 0 amide bonds. The van der Waals surface area contributed by atoms with E-state index < -0.39 is 0 Å². The van der Waals surface area contributed by atoms with E-state index in [1.54, 1.807) is 0 Å². The molecule has 0 spiro atoms. The summed E-state index contributed by atoms with van der Waals surface area (Å²) in [6, 6.07) is 6.56. The fourth-order valence-electron chi connectivity index (χ4n) is 1.99. The first-order valence-electron chi connectivity index (χ1n) is 6.15. The summed E-state index contributed by atoms with van der Waals surface area (Å²) in [4.78, 5) is 4.40. The predicted molar refractivity (Wildman–Crippen MR) is 70.5 cm³/mol. The third-order valence-electron chi connectivity index (χ3n) is 2.93. The number of hydrogen-bond donors (Lipinski definition) is 1. The van der Waals surface area contributed by atoms with Gasteiger partial charge in [-0.15, -0.1) is 0 Å². The van der Waals surface area contributed by atoms with E-state index in [1.807, 2.05) is 14.0 Å². The second kappa shape index (κ2) is 5.31. The van der Waals surface area contributed by atoms with Crippen molar-refractivity contribution in [2.75, 3.05) is 7.05 Å². The molecule has 1 heterocycles. The molecule has 1 aromatic heterocycles. The topological polar surface area (TPSA) is 51.0 Å². The molecule has 0 radical (unpaired) electrons. The molecule has 0 aliphatic rings. The molecule has 1 aromatic carbocycles. The van der Waals surface area contributed by atoms with E-state index in [4.69, 9.17) is 4.52 Å². The quantitative estimate of drug-likeness (QED) is 0.899. The zero-order chi connectivity index (χ0) is 13.1. The average molecular weight is 245 g/mol. The van der Waals surface area contributed by atoms with E-state index in [1.165, 1.54) is 16.7 Å². The van der Waals surface area contributed by atoms with Crippen LogP contribution in [0.1, 0.15) is 41.4 Å². The lowest BCUT2D eigenvalue weighted by Crippen LogP contribution is -2.12. The second-order valence-corrected chi connectivity index (χ2v) is 4.73. The Morgan fingerprint density at radius 2 is 1.89 bits per heavy atom. The summed E-state index contributed by atoms with van der Waals surface area (Å²) in [6.07, 6.45) is 0.711. The summed E-state index contributed by atoms with van der Waals surface area (Å²) in [5.41, 5.74) is 3.74. The van der Waals surface area contributed by atoms with Crippen LogP contribution in [0, 0.1) is 13.8 Å². The van der Waals surface area contributed by atoms with Crippen molar-refractivity contribution in [1.82, 2.24) is 15.5 Å². The van der Waals surface area contributed by atoms with Gasteiger partial charge in [0.05, 0.1) is 6.04 Å². The minimum absolute atomic E-state index is 0.0884. The van der Waals surface area contributed by atoms with Crippen LogP contribution in [0.5, 0.6) is 0 Å². The molecule has 0 bridgehead atoms. The van der Waals surface area contributed by atoms with Gasteiger partial charge in [-0.1, -0.05) is 34.5 Å². The smallest absolute Gasteiger partial charge is 0.243 e. The van der Waals surface area contributed by atoms with Crippen molar-refractivity contribution in [3.63, 3.8) is 0 Å². The molecule has 0 fully saturated rings. The van der Waals surface area contributed by atoms with Gasteiger partial charge < -0.3 is 9.84 Å². The van der Waals surface area contributed by atoms with Gasteiger partial charge in [-0.2, -0.15) is 4.98 Å². The van der Waals surface area contributed by atoms with E-state index >= 15 is 0 Å². The highest BCUT2D eigenvalue weighted by molar-refractivity contribution is 5.30. The van der Waals surface area contributed by atoms with Crippen LogP contribution in [-0.4, -0.2) is 17.2 Å². The van der Waals surface area contributed by atoms with Crippen LogP contribution in [-0.2, 0) is 6.42 Å². The van der Waals surface area contributed by atoms with Crippen LogP contribution >= 0.6 is 0 Å². The van der Waals surface area contributed by atoms with Gasteiger partial charge in [0.1, 0.15) is 0 Å². The van der Waals surface area contributed by atoms with Crippen LogP contribution in [0.25, 0.3) is 0 Å². The molecule has 4 nitrogen and oxygen atoms in total. The molecular formula is C14H19N3O. The predicted octanol–water partition coefficient (Wildman–Crippen LogP) is 2.56. The summed E-state index contributed by atoms with van der Waals surface area (Å²) in [5, 5.41) is 7.09. The van der Waals surface area contributed by atoms with Crippen LogP contribution < -0.4 is 5.32 Å². The van der Waals surface area contributed by atoms with Crippen LogP contribution in [0.15, 0.2) is 22.7 Å². The number of aromatic nitrogens is 2. The largest absolute Gasteiger partial charge is 0.338 e. The van der Waals surface area contributed by atoms with E-state index in [-0.39, 0.29) is 6.04 Å². The van der Waals surface area contributed by atoms with Gasteiger partial charge in [-0.25, -0.2) is 0 Å². The Labute approximate surface area is 107 Å². The SMILES string of the molecule is CNC(C)c1nc(Cc2cc(C)cc(C)c2)no1. The number of nitrogens with zero attached hydrogens (tertiary/aromatic N) is 2. The molecule has 0 aliphatic carbocycles. The Bertz CT molecular complexity index is 513. The van der Waals surface area contributed by atoms with Crippen molar-refractivity contribution in [2.24, 2.45) is 0 Å². The van der Waals surface area contributed by atoms with Gasteiger partial charge >= 0.3 is 0 Å². The Morgan fingerprint density at radius 1 is 1.22 bits per heavy atom. The number of hydrogen-bond acceptors (Lipinski definition) is 4. The van der Waals surface area contributed by atoms with E-state index in [0.717, 1.165) is 5.82 Å². The van der Waals surface area contributed by atoms with Gasteiger partial charge in [-0.05, 0) is 33.4 Å². The number of benzene rings is 1. The maximum atomic E-state index is 5.23. The standard InChI is InChI=1S/C14H19N3O/c1-9-5-10(2)7-12(6-9)8-13-16-14(18-17-13)11(3)15-4/h5-7,11,15H,8H2,1-4H3. The van der Waals surface area contributed by atoms with Crippen molar-refractivity contribution in [1.29, 1.82) is 0 Å². The van der Waals surface area contributed by atoms with Crippen molar-refractivity contribution < 1.29 is 4.52 Å². The van der Waals surface area contributed by atoms with Crippen molar-refractivity contribution >= 4 is 0 Å². The lowest BCUT2D eigenvalue weighted by atomic mass is 10.1. The van der Waals surface area contributed by atoms with Crippen LogP contribution in [0.4, 0.5) is 0 Å². The number of aryl methyl sites for hydroxylation is 2. The molecule has 18 heavy (non-hydrogen) atoms. The summed E-state index contributed by atoms with van der Waals surface area (Å²) in [5.74, 6) is 1.37. The molecule has 4 heteroatoms. The summed E-state index contributed by atoms with van der Waals surface area (Å²) >= 11 is 0. The number of rotatable bonds is 4.